The van der Waals surface area contributed by atoms with Crippen LogP contribution < -0.4 is 10.1 Å². The molecule has 0 unspecified atom stereocenters. The highest BCUT2D eigenvalue weighted by Crippen LogP contribution is 2.38. The number of carbonyl (C=O) groups is 1. The molecule has 0 spiro atoms. The Bertz CT molecular complexity index is 1220. The van der Waals surface area contributed by atoms with Gasteiger partial charge in [-0.2, -0.15) is 0 Å². The van der Waals surface area contributed by atoms with E-state index in [1.807, 2.05) is 38.1 Å². The van der Waals surface area contributed by atoms with E-state index in [9.17, 15) is 4.79 Å². The predicted molar refractivity (Wildman–Crippen MR) is 136 cm³/mol. The number of fused-ring (bicyclic) bond motifs is 1. The third kappa shape index (κ3) is 5.26. The number of hydrogen-bond donors (Lipinski definition) is 1. The summed E-state index contributed by atoms with van der Waals surface area (Å²) in [6, 6.07) is 13.4. The quantitative estimate of drug-likeness (QED) is 0.408. The highest BCUT2D eigenvalue weighted by molar-refractivity contribution is 6.33. The van der Waals surface area contributed by atoms with Crippen LogP contribution in [0.1, 0.15) is 42.4 Å². The van der Waals surface area contributed by atoms with Gasteiger partial charge in [-0.05, 0) is 42.2 Å². The number of methoxy groups -OCH3 is 2. The monoisotopic (exact) mass is 495 g/mol. The standard InChI is InChI=1S/C27H30ClN3O4/c1-5-21-25(19-12-11-17(34-4)14-20(19)28)29-22(6-2)27(30-21)31-26-18-10-8-7-9-16(18)13-23(26)35-24(32)15-33-3/h7-12,14,23,26H,5-6,13,15H2,1-4H3,(H,30,31)/t23-,26-/m0/s1. The topological polar surface area (TPSA) is 82.6 Å². The molecule has 1 heterocycles. The molecule has 0 saturated heterocycles. The first-order valence-electron chi connectivity index (χ1n) is 11.7. The zero-order chi connectivity index (χ0) is 24.9. The zero-order valence-corrected chi connectivity index (χ0v) is 21.2. The Kier molecular flexibility index (Phi) is 7.88. The molecule has 3 aromatic rings. The van der Waals surface area contributed by atoms with Gasteiger partial charge in [-0.25, -0.2) is 14.8 Å². The second-order valence-electron chi connectivity index (χ2n) is 8.35. The van der Waals surface area contributed by atoms with Crippen molar-refractivity contribution in [3.63, 3.8) is 0 Å². The molecule has 8 heteroatoms. The van der Waals surface area contributed by atoms with Gasteiger partial charge in [0.25, 0.3) is 0 Å². The number of nitrogens with one attached hydrogen (secondary N) is 1. The molecule has 1 aromatic heterocycles. The number of esters is 1. The van der Waals surface area contributed by atoms with E-state index in [-0.39, 0.29) is 18.8 Å². The summed E-state index contributed by atoms with van der Waals surface area (Å²) in [6.07, 6.45) is 1.60. The number of aromatic nitrogens is 2. The molecule has 184 valence electrons. The minimum Gasteiger partial charge on any atom is -0.497 e. The van der Waals surface area contributed by atoms with Gasteiger partial charge in [0.2, 0.25) is 0 Å². The molecule has 1 aliphatic rings. The Morgan fingerprint density at radius 1 is 1.09 bits per heavy atom. The van der Waals surface area contributed by atoms with Crippen molar-refractivity contribution in [3.8, 4) is 17.0 Å². The summed E-state index contributed by atoms with van der Waals surface area (Å²) >= 11 is 6.57. The smallest absolute Gasteiger partial charge is 0.332 e. The molecule has 0 bridgehead atoms. The van der Waals surface area contributed by atoms with Gasteiger partial charge in [0.1, 0.15) is 24.3 Å². The van der Waals surface area contributed by atoms with Gasteiger partial charge in [-0.3, -0.25) is 0 Å². The lowest BCUT2D eigenvalue weighted by Crippen LogP contribution is -2.29. The molecule has 0 aliphatic heterocycles. The minimum absolute atomic E-state index is 0.0864. The van der Waals surface area contributed by atoms with Crippen molar-refractivity contribution in [2.24, 2.45) is 0 Å². The molecule has 35 heavy (non-hydrogen) atoms. The molecule has 1 N–H and O–H groups in total. The van der Waals surface area contributed by atoms with Crippen molar-refractivity contribution in [2.45, 2.75) is 45.3 Å². The maximum Gasteiger partial charge on any atom is 0.332 e. The van der Waals surface area contributed by atoms with E-state index in [1.54, 1.807) is 13.2 Å². The largest absolute Gasteiger partial charge is 0.497 e. The van der Waals surface area contributed by atoms with E-state index >= 15 is 0 Å². The minimum atomic E-state index is -0.391. The Morgan fingerprint density at radius 3 is 2.54 bits per heavy atom. The van der Waals surface area contributed by atoms with Crippen LogP contribution in [0.25, 0.3) is 11.3 Å². The van der Waals surface area contributed by atoms with Gasteiger partial charge < -0.3 is 19.5 Å². The van der Waals surface area contributed by atoms with E-state index in [4.69, 9.17) is 35.8 Å². The summed E-state index contributed by atoms with van der Waals surface area (Å²) in [5.41, 5.74) is 5.45. The van der Waals surface area contributed by atoms with Crippen LogP contribution in [0.15, 0.2) is 42.5 Å². The van der Waals surface area contributed by atoms with E-state index in [0.29, 0.717) is 35.9 Å². The summed E-state index contributed by atoms with van der Waals surface area (Å²) in [5.74, 6) is 0.984. The summed E-state index contributed by atoms with van der Waals surface area (Å²) < 4.78 is 16.0. The molecule has 0 saturated carbocycles. The van der Waals surface area contributed by atoms with Crippen molar-refractivity contribution in [2.75, 3.05) is 26.1 Å². The Hall–Kier alpha value is -3.16. The van der Waals surface area contributed by atoms with E-state index in [0.717, 1.165) is 33.8 Å². The second-order valence-corrected chi connectivity index (χ2v) is 8.76. The van der Waals surface area contributed by atoms with Crippen molar-refractivity contribution >= 4 is 23.4 Å². The van der Waals surface area contributed by atoms with E-state index < -0.39 is 5.97 Å². The van der Waals surface area contributed by atoms with Crippen LogP contribution in [0.2, 0.25) is 5.02 Å². The molecule has 2 atom stereocenters. The number of hydrogen-bond acceptors (Lipinski definition) is 7. The molecule has 0 fully saturated rings. The van der Waals surface area contributed by atoms with Gasteiger partial charge in [0.05, 0.1) is 35.3 Å². The first kappa shape index (κ1) is 24.9. The lowest BCUT2D eigenvalue weighted by Gasteiger charge is -2.24. The second kappa shape index (κ2) is 11.1. The molecule has 2 aromatic carbocycles. The van der Waals surface area contributed by atoms with Crippen LogP contribution >= 0.6 is 11.6 Å². The van der Waals surface area contributed by atoms with Crippen molar-refractivity contribution < 1.29 is 19.0 Å². The molecular weight excluding hydrogens is 466 g/mol. The molecule has 0 amide bonds. The fourth-order valence-corrected chi connectivity index (χ4v) is 4.71. The number of halogens is 1. The van der Waals surface area contributed by atoms with Crippen LogP contribution in [0.3, 0.4) is 0 Å². The first-order valence-corrected chi connectivity index (χ1v) is 12.1. The average Bonchev–Trinajstić information content (AvgIpc) is 3.20. The molecular formula is C27H30ClN3O4. The Balaban J connectivity index is 1.71. The molecule has 7 nitrogen and oxygen atoms in total. The number of anilines is 1. The maximum atomic E-state index is 12.2. The lowest BCUT2D eigenvalue weighted by molar-refractivity contribution is -0.153. The first-order chi connectivity index (χ1) is 17.0. The predicted octanol–water partition coefficient (Wildman–Crippen LogP) is 5.20. The van der Waals surface area contributed by atoms with Crippen LogP contribution in [0.5, 0.6) is 5.75 Å². The van der Waals surface area contributed by atoms with E-state index in [1.165, 1.54) is 7.11 Å². The van der Waals surface area contributed by atoms with Crippen LogP contribution in [-0.4, -0.2) is 42.9 Å². The lowest BCUT2D eigenvalue weighted by atomic mass is 10.1. The van der Waals surface area contributed by atoms with Crippen molar-refractivity contribution in [1.29, 1.82) is 0 Å². The number of rotatable bonds is 9. The van der Waals surface area contributed by atoms with Gasteiger partial charge in [0, 0.05) is 19.1 Å². The molecule has 4 rings (SSSR count). The number of nitrogens with zero attached hydrogens (tertiary/aromatic N) is 2. The number of ether oxygens (including phenoxy) is 3. The zero-order valence-electron chi connectivity index (χ0n) is 20.4. The van der Waals surface area contributed by atoms with Crippen LogP contribution in [-0.2, 0) is 33.5 Å². The number of aryl methyl sites for hydroxylation is 2. The van der Waals surface area contributed by atoms with Crippen molar-refractivity contribution in [1.82, 2.24) is 9.97 Å². The van der Waals surface area contributed by atoms with Gasteiger partial charge in [0.15, 0.2) is 0 Å². The SMILES string of the molecule is CCc1nc(-c2ccc(OC)cc2Cl)c(CC)nc1N[C@H]1c2ccccc2C[C@@H]1OC(=O)COC. The van der Waals surface area contributed by atoms with Gasteiger partial charge in [-0.1, -0.05) is 49.7 Å². The highest BCUT2D eigenvalue weighted by Gasteiger charge is 2.36. The van der Waals surface area contributed by atoms with E-state index in [2.05, 4.69) is 17.4 Å². The third-order valence-electron chi connectivity index (χ3n) is 6.16. The molecule has 1 aliphatic carbocycles. The Morgan fingerprint density at radius 2 is 1.86 bits per heavy atom. The summed E-state index contributed by atoms with van der Waals surface area (Å²) in [7, 11) is 3.09. The van der Waals surface area contributed by atoms with Crippen molar-refractivity contribution in [3.05, 3.63) is 70.0 Å². The van der Waals surface area contributed by atoms with Crippen LogP contribution in [0, 0.1) is 0 Å². The normalized spacial score (nSPS) is 16.6. The summed E-state index contributed by atoms with van der Waals surface area (Å²) in [5, 5.41) is 4.12. The summed E-state index contributed by atoms with van der Waals surface area (Å²) in [6.45, 7) is 4.00. The number of benzene rings is 2. The fourth-order valence-electron chi connectivity index (χ4n) is 4.45. The van der Waals surface area contributed by atoms with Gasteiger partial charge in [-0.15, -0.1) is 0 Å². The maximum absolute atomic E-state index is 12.2. The highest BCUT2D eigenvalue weighted by atomic mass is 35.5. The van der Waals surface area contributed by atoms with Gasteiger partial charge >= 0.3 is 5.97 Å². The summed E-state index contributed by atoms with van der Waals surface area (Å²) in [4.78, 5) is 22.2. The third-order valence-corrected chi connectivity index (χ3v) is 6.47. The Labute approximate surface area is 210 Å². The molecule has 0 radical (unpaired) electrons. The fraction of sp³-hybridized carbons (Fsp3) is 0.370. The average molecular weight is 496 g/mol. The number of carbonyl (C=O) groups excluding carboxylic acids is 1. The van der Waals surface area contributed by atoms with Crippen LogP contribution in [0.4, 0.5) is 5.82 Å².